The topological polar surface area (TPSA) is 95.7 Å². The van der Waals surface area contributed by atoms with Gasteiger partial charge in [-0.25, -0.2) is 4.39 Å². The Morgan fingerprint density at radius 2 is 1.85 bits per heavy atom. The summed E-state index contributed by atoms with van der Waals surface area (Å²) in [5.41, 5.74) is 3.62. The quantitative estimate of drug-likeness (QED) is 0.550. The molecule has 0 bridgehead atoms. The first-order valence-electron chi connectivity index (χ1n) is 8.06. The van der Waals surface area contributed by atoms with Crippen LogP contribution < -0.4 is 20.2 Å². The van der Waals surface area contributed by atoms with E-state index in [1.54, 1.807) is 26.4 Å². The summed E-state index contributed by atoms with van der Waals surface area (Å²) in [6, 6.07) is 12.6. The van der Waals surface area contributed by atoms with Crippen molar-refractivity contribution in [2.75, 3.05) is 26.2 Å². The van der Waals surface area contributed by atoms with Gasteiger partial charge in [0, 0.05) is 6.54 Å². The summed E-state index contributed by atoms with van der Waals surface area (Å²) in [6.45, 7) is 0.311. The van der Waals surface area contributed by atoms with Gasteiger partial charge in [-0.1, -0.05) is 6.07 Å². The van der Waals surface area contributed by atoms with E-state index in [1.165, 1.54) is 24.3 Å². The molecule has 1 amide bonds. The number of halogens is 1. The van der Waals surface area contributed by atoms with Gasteiger partial charge in [0.05, 0.1) is 19.9 Å². The minimum Gasteiger partial charge on any atom is -0.493 e. The fourth-order valence-electron chi connectivity index (χ4n) is 2.21. The lowest BCUT2D eigenvalue weighted by Crippen LogP contribution is -2.32. The molecule has 0 saturated carbocycles. The zero-order valence-corrected chi connectivity index (χ0v) is 15.0. The number of nitriles is 1. The third kappa shape index (κ3) is 5.71. The van der Waals surface area contributed by atoms with Crippen molar-refractivity contribution in [2.24, 2.45) is 5.10 Å². The number of hydrogen-bond acceptors (Lipinski definition) is 6. The van der Waals surface area contributed by atoms with E-state index in [0.29, 0.717) is 30.2 Å². The van der Waals surface area contributed by atoms with Crippen LogP contribution in [0.4, 0.5) is 10.1 Å². The Morgan fingerprint density at radius 1 is 1.15 bits per heavy atom. The van der Waals surface area contributed by atoms with Crippen LogP contribution in [0.25, 0.3) is 0 Å². The second-order valence-corrected chi connectivity index (χ2v) is 5.39. The minimum absolute atomic E-state index is 0.311. The molecule has 0 saturated heterocycles. The van der Waals surface area contributed by atoms with Gasteiger partial charge in [-0.2, -0.15) is 10.4 Å². The van der Waals surface area contributed by atoms with Crippen LogP contribution in [0.5, 0.6) is 11.5 Å². The largest absolute Gasteiger partial charge is 0.493 e. The van der Waals surface area contributed by atoms with Gasteiger partial charge >= 0.3 is 0 Å². The highest BCUT2D eigenvalue weighted by Gasteiger charge is 2.11. The molecule has 8 heteroatoms. The molecule has 2 aromatic rings. The SMILES string of the molecule is COc1ccc(CCNC(=O)/C(C#N)=N\Nc2ccc(F)cc2)cc1OC. The summed E-state index contributed by atoms with van der Waals surface area (Å²) >= 11 is 0. The summed E-state index contributed by atoms with van der Waals surface area (Å²) < 4.78 is 23.3. The lowest BCUT2D eigenvalue weighted by Gasteiger charge is -2.10. The average Bonchev–Trinajstić information content (AvgIpc) is 2.69. The molecule has 27 heavy (non-hydrogen) atoms. The van der Waals surface area contributed by atoms with Gasteiger partial charge < -0.3 is 14.8 Å². The maximum Gasteiger partial charge on any atom is 0.282 e. The van der Waals surface area contributed by atoms with Gasteiger partial charge in [-0.3, -0.25) is 10.2 Å². The Kier molecular flexibility index (Phi) is 7.14. The lowest BCUT2D eigenvalue weighted by molar-refractivity contribution is -0.114. The zero-order valence-electron chi connectivity index (χ0n) is 15.0. The molecule has 2 aromatic carbocycles. The number of methoxy groups -OCH3 is 2. The third-order valence-corrected chi connectivity index (χ3v) is 3.61. The van der Waals surface area contributed by atoms with Crippen molar-refractivity contribution in [1.82, 2.24) is 5.32 Å². The summed E-state index contributed by atoms with van der Waals surface area (Å²) in [6.07, 6.45) is 0.538. The second kappa shape index (κ2) is 9.77. The van der Waals surface area contributed by atoms with Gasteiger partial charge in [-0.05, 0) is 48.4 Å². The first-order chi connectivity index (χ1) is 13.1. The number of hydrazone groups is 1. The smallest absolute Gasteiger partial charge is 0.282 e. The van der Waals surface area contributed by atoms with Crippen LogP contribution in [0.15, 0.2) is 47.6 Å². The fourth-order valence-corrected chi connectivity index (χ4v) is 2.21. The Labute approximate surface area is 156 Å². The Hall–Kier alpha value is -3.60. The molecule has 0 aliphatic carbocycles. The van der Waals surface area contributed by atoms with Crippen LogP contribution >= 0.6 is 0 Å². The van der Waals surface area contributed by atoms with E-state index in [4.69, 9.17) is 14.7 Å². The predicted molar refractivity (Wildman–Crippen MR) is 99.3 cm³/mol. The zero-order chi connectivity index (χ0) is 19.6. The predicted octanol–water partition coefficient (Wildman–Crippen LogP) is 2.49. The molecule has 2 rings (SSSR count). The highest BCUT2D eigenvalue weighted by Crippen LogP contribution is 2.27. The molecule has 0 aliphatic rings. The Bertz CT molecular complexity index is 860. The van der Waals surface area contributed by atoms with E-state index in [0.717, 1.165) is 5.56 Å². The number of carbonyl (C=O) groups is 1. The first-order valence-corrected chi connectivity index (χ1v) is 8.06. The highest BCUT2D eigenvalue weighted by molar-refractivity contribution is 6.45. The molecule has 0 heterocycles. The third-order valence-electron chi connectivity index (χ3n) is 3.61. The summed E-state index contributed by atoms with van der Waals surface area (Å²) in [5, 5.41) is 15.5. The molecule has 0 fully saturated rings. The molecule has 7 nitrogen and oxygen atoms in total. The van der Waals surface area contributed by atoms with Gasteiger partial charge in [-0.15, -0.1) is 0 Å². The van der Waals surface area contributed by atoms with E-state index in [2.05, 4.69) is 15.8 Å². The normalized spacial score (nSPS) is 10.7. The number of nitrogens with zero attached hydrogens (tertiary/aromatic N) is 2. The number of rotatable bonds is 8. The van der Waals surface area contributed by atoms with Crippen molar-refractivity contribution in [3.05, 3.63) is 53.8 Å². The van der Waals surface area contributed by atoms with Crippen molar-refractivity contribution in [2.45, 2.75) is 6.42 Å². The Balaban J connectivity index is 1.90. The van der Waals surface area contributed by atoms with Gasteiger partial charge in [0.1, 0.15) is 11.9 Å². The molecule has 0 aromatic heterocycles. The molecule has 0 spiro atoms. The van der Waals surface area contributed by atoms with Crippen LogP contribution in [0, 0.1) is 17.1 Å². The van der Waals surface area contributed by atoms with Gasteiger partial charge in [0.2, 0.25) is 5.71 Å². The van der Waals surface area contributed by atoms with Crippen molar-refractivity contribution in [3.8, 4) is 17.6 Å². The standard InChI is InChI=1S/C19H19FN4O3/c1-26-17-8-3-13(11-18(17)27-2)9-10-22-19(25)16(12-21)24-23-15-6-4-14(20)5-7-15/h3-8,11,23H,9-10H2,1-2H3,(H,22,25)/b24-16-. The first kappa shape index (κ1) is 19.7. The molecule has 0 atom stereocenters. The number of amides is 1. The molecule has 0 unspecified atom stereocenters. The lowest BCUT2D eigenvalue weighted by atomic mass is 10.1. The molecule has 140 valence electrons. The molecule has 0 aliphatic heterocycles. The number of benzene rings is 2. The van der Waals surface area contributed by atoms with Crippen LogP contribution in [-0.2, 0) is 11.2 Å². The van der Waals surface area contributed by atoms with Crippen molar-refractivity contribution < 1.29 is 18.7 Å². The van der Waals surface area contributed by atoms with Crippen molar-refractivity contribution >= 4 is 17.3 Å². The van der Waals surface area contributed by atoms with E-state index in [1.807, 2.05) is 12.1 Å². The average molecular weight is 370 g/mol. The number of hydrogen-bond donors (Lipinski definition) is 2. The molecular weight excluding hydrogens is 351 g/mol. The van der Waals surface area contributed by atoms with Crippen molar-refractivity contribution in [3.63, 3.8) is 0 Å². The summed E-state index contributed by atoms with van der Waals surface area (Å²) in [5.74, 6) is 0.227. The monoisotopic (exact) mass is 370 g/mol. The number of ether oxygens (including phenoxy) is 2. The fraction of sp³-hybridized carbons (Fsp3) is 0.211. The van der Waals surface area contributed by atoms with Crippen LogP contribution in [0.1, 0.15) is 5.56 Å². The van der Waals surface area contributed by atoms with E-state index in [-0.39, 0.29) is 5.71 Å². The highest BCUT2D eigenvalue weighted by atomic mass is 19.1. The molecular formula is C19H19FN4O3. The number of carbonyl (C=O) groups excluding carboxylic acids is 1. The summed E-state index contributed by atoms with van der Waals surface area (Å²) in [4.78, 5) is 12.1. The maximum absolute atomic E-state index is 12.9. The van der Waals surface area contributed by atoms with E-state index >= 15 is 0 Å². The van der Waals surface area contributed by atoms with Crippen molar-refractivity contribution in [1.29, 1.82) is 5.26 Å². The number of nitrogens with one attached hydrogen (secondary N) is 2. The Morgan fingerprint density at radius 3 is 2.48 bits per heavy atom. The van der Waals surface area contributed by atoms with Crippen LogP contribution in [0.3, 0.4) is 0 Å². The second-order valence-electron chi connectivity index (χ2n) is 5.39. The number of anilines is 1. The van der Waals surface area contributed by atoms with Crippen LogP contribution in [-0.4, -0.2) is 32.4 Å². The minimum atomic E-state index is -0.604. The van der Waals surface area contributed by atoms with Gasteiger partial charge in [0.15, 0.2) is 11.5 Å². The summed E-state index contributed by atoms with van der Waals surface area (Å²) in [7, 11) is 3.10. The van der Waals surface area contributed by atoms with E-state index in [9.17, 15) is 9.18 Å². The van der Waals surface area contributed by atoms with E-state index < -0.39 is 11.7 Å². The van der Waals surface area contributed by atoms with Crippen LogP contribution in [0.2, 0.25) is 0 Å². The molecule has 2 N–H and O–H groups in total. The maximum atomic E-state index is 12.9. The molecule has 0 radical (unpaired) electrons. The van der Waals surface area contributed by atoms with Gasteiger partial charge in [0.25, 0.3) is 5.91 Å².